The van der Waals surface area contributed by atoms with E-state index < -0.39 is 5.91 Å². The summed E-state index contributed by atoms with van der Waals surface area (Å²) in [5.74, 6) is -0.440. The van der Waals surface area contributed by atoms with E-state index >= 15 is 0 Å². The van der Waals surface area contributed by atoms with Gasteiger partial charge in [0.1, 0.15) is 5.65 Å². The fourth-order valence-corrected chi connectivity index (χ4v) is 1.99. The first-order valence-electron chi connectivity index (χ1n) is 5.89. The topological polar surface area (TPSA) is 73.3 Å². The molecule has 5 heteroatoms. The van der Waals surface area contributed by atoms with Crippen LogP contribution in [0.5, 0.6) is 0 Å². The lowest BCUT2D eigenvalue weighted by molar-refractivity contribution is 0.1000. The molecule has 3 aromatic rings. The Kier molecular flexibility index (Phi) is 2.72. The monoisotopic (exact) mass is 252 g/mol. The van der Waals surface area contributed by atoms with E-state index in [1.165, 1.54) is 0 Å². The van der Waals surface area contributed by atoms with Crippen LogP contribution in [0.25, 0.3) is 5.65 Å². The van der Waals surface area contributed by atoms with Gasteiger partial charge in [-0.15, -0.1) is 0 Å². The molecule has 0 aliphatic heterocycles. The second kappa shape index (κ2) is 4.53. The normalized spacial score (nSPS) is 10.7. The van der Waals surface area contributed by atoms with E-state index in [0.717, 1.165) is 16.9 Å². The average molecular weight is 252 g/mol. The number of hydrogen-bond acceptors (Lipinski definition) is 3. The van der Waals surface area contributed by atoms with Gasteiger partial charge in [0.25, 0.3) is 0 Å². The van der Waals surface area contributed by atoms with Gasteiger partial charge < -0.3 is 10.1 Å². The summed E-state index contributed by atoms with van der Waals surface area (Å²) in [5.41, 5.74) is 8.54. The highest BCUT2D eigenvalue weighted by Crippen LogP contribution is 2.11. The Bertz CT molecular complexity index is 734. The standard InChI is InChI=1S/C14H12N4O/c15-14(19)11-3-4-13-17-12(9-18(13)8-11)6-10-2-1-5-16-7-10/h1-5,7-9H,6H2,(H2,15,19). The highest BCUT2D eigenvalue weighted by Gasteiger charge is 2.06. The number of pyridine rings is 2. The van der Waals surface area contributed by atoms with Crippen LogP contribution < -0.4 is 5.73 Å². The van der Waals surface area contributed by atoms with Crippen LogP contribution in [0.3, 0.4) is 0 Å². The molecule has 2 N–H and O–H groups in total. The number of primary amides is 1. The Balaban J connectivity index is 1.95. The number of carbonyl (C=O) groups is 1. The first kappa shape index (κ1) is 11.4. The smallest absolute Gasteiger partial charge is 0.250 e. The van der Waals surface area contributed by atoms with E-state index in [4.69, 9.17) is 5.73 Å². The Labute approximate surface area is 109 Å². The van der Waals surface area contributed by atoms with Gasteiger partial charge in [0.2, 0.25) is 5.91 Å². The molecule has 0 aromatic carbocycles. The van der Waals surface area contributed by atoms with Crippen molar-refractivity contribution in [1.82, 2.24) is 14.4 Å². The lowest BCUT2D eigenvalue weighted by Crippen LogP contribution is -2.11. The van der Waals surface area contributed by atoms with Gasteiger partial charge in [-0.25, -0.2) is 4.98 Å². The highest BCUT2D eigenvalue weighted by atomic mass is 16.1. The van der Waals surface area contributed by atoms with Crippen molar-refractivity contribution < 1.29 is 4.79 Å². The lowest BCUT2D eigenvalue weighted by atomic mass is 10.2. The zero-order valence-electron chi connectivity index (χ0n) is 10.2. The van der Waals surface area contributed by atoms with Gasteiger partial charge in [0.15, 0.2) is 0 Å². The fourth-order valence-electron chi connectivity index (χ4n) is 1.99. The van der Waals surface area contributed by atoms with Crippen LogP contribution in [-0.4, -0.2) is 20.3 Å². The van der Waals surface area contributed by atoms with E-state index in [1.54, 1.807) is 24.5 Å². The molecule has 3 heterocycles. The van der Waals surface area contributed by atoms with Gasteiger partial charge in [0.05, 0.1) is 11.3 Å². The molecule has 0 saturated heterocycles. The van der Waals surface area contributed by atoms with Gasteiger partial charge >= 0.3 is 0 Å². The van der Waals surface area contributed by atoms with Crippen LogP contribution in [-0.2, 0) is 6.42 Å². The summed E-state index contributed by atoms with van der Waals surface area (Å²) in [5, 5.41) is 0. The minimum absolute atomic E-state index is 0.440. The predicted octanol–water partition coefficient (Wildman–Crippen LogP) is 1.42. The number of nitrogens with two attached hydrogens (primary N) is 1. The maximum absolute atomic E-state index is 11.1. The zero-order chi connectivity index (χ0) is 13.2. The molecule has 0 spiro atoms. The SMILES string of the molecule is NC(=O)c1ccc2nc(Cc3cccnc3)cn2c1. The molecular weight excluding hydrogens is 240 g/mol. The van der Waals surface area contributed by atoms with Crippen LogP contribution in [0.2, 0.25) is 0 Å². The van der Waals surface area contributed by atoms with Crippen molar-refractivity contribution in [2.75, 3.05) is 0 Å². The number of rotatable bonds is 3. The number of nitrogens with zero attached hydrogens (tertiary/aromatic N) is 3. The molecule has 19 heavy (non-hydrogen) atoms. The van der Waals surface area contributed by atoms with Crippen molar-refractivity contribution >= 4 is 11.6 Å². The summed E-state index contributed by atoms with van der Waals surface area (Å²) in [6.07, 6.45) is 7.86. The number of carbonyl (C=O) groups excluding carboxylic acids is 1. The number of hydrogen-bond donors (Lipinski definition) is 1. The van der Waals surface area contributed by atoms with Crippen LogP contribution in [0.1, 0.15) is 21.6 Å². The van der Waals surface area contributed by atoms with E-state index in [-0.39, 0.29) is 0 Å². The molecule has 0 atom stereocenters. The molecule has 0 bridgehead atoms. The number of imidazole rings is 1. The van der Waals surface area contributed by atoms with Crippen LogP contribution in [0, 0.1) is 0 Å². The maximum atomic E-state index is 11.1. The molecule has 0 saturated carbocycles. The van der Waals surface area contributed by atoms with Crippen molar-refractivity contribution in [3.8, 4) is 0 Å². The molecule has 0 unspecified atom stereocenters. The fraction of sp³-hybridized carbons (Fsp3) is 0.0714. The minimum atomic E-state index is -0.440. The molecule has 3 rings (SSSR count). The quantitative estimate of drug-likeness (QED) is 0.766. The van der Waals surface area contributed by atoms with Gasteiger partial charge in [0, 0.05) is 31.2 Å². The molecule has 0 radical (unpaired) electrons. The first-order valence-corrected chi connectivity index (χ1v) is 5.89. The Morgan fingerprint density at radius 2 is 2.16 bits per heavy atom. The number of aromatic nitrogens is 3. The molecule has 0 aliphatic rings. The van der Waals surface area contributed by atoms with Crippen LogP contribution in [0.4, 0.5) is 0 Å². The summed E-state index contributed by atoms with van der Waals surface area (Å²) in [6.45, 7) is 0. The van der Waals surface area contributed by atoms with Crippen molar-refractivity contribution in [3.05, 3.63) is 65.9 Å². The zero-order valence-corrected chi connectivity index (χ0v) is 10.2. The highest BCUT2D eigenvalue weighted by molar-refractivity contribution is 5.92. The average Bonchev–Trinajstić information content (AvgIpc) is 2.80. The van der Waals surface area contributed by atoms with Gasteiger partial charge in [-0.3, -0.25) is 9.78 Å². The third kappa shape index (κ3) is 2.30. The number of fused-ring (bicyclic) bond motifs is 1. The van der Waals surface area contributed by atoms with E-state index in [9.17, 15) is 4.79 Å². The van der Waals surface area contributed by atoms with Crippen molar-refractivity contribution in [2.45, 2.75) is 6.42 Å². The molecule has 94 valence electrons. The summed E-state index contributed by atoms with van der Waals surface area (Å²) in [7, 11) is 0. The van der Waals surface area contributed by atoms with Crippen molar-refractivity contribution in [3.63, 3.8) is 0 Å². The molecule has 5 nitrogen and oxygen atoms in total. The Morgan fingerprint density at radius 3 is 2.89 bits per heavy atom. The minimum Gasteiger partial charge on any atom is -0.366 e. The van der Waals surface area contributed by atoms with Crippen molar-refractivity contribution in [1.29, 1.82) is 0 Å². The van der Waals surface area contributed by atoms with E-state index in [2.05, 4.69) is 9.97 Å². The summed E-state index contributed by atoms with van der Waals surface area (Å²) in [4.78, 5) is 19.7. The second-order valence-corrected chi connectivity index (χ2v) is 4.32. The van der Waals surface area contributed by atoms with Crippen molar-refractivity contribution in [2.24, 2.45) is 5.73 Å². The summed E-state index contributed by atoms with van der Waals surface area (Å²) >= 11 is 0. The van der Waals surface area contributed by atoms with Gasteiger partial charge in [-0.05, 0) is 23.8 Å². The Morgan fingerprint density at radius 1 is 1.26 bits per heavy atom. The Hall–Kier alpha value is -2.69. The first-order chi connectivity index (χ1) is 9.22. The third-order valence-corrected chi connectivity index (χ3v) is 2.89. The second-order valence-electron chi connectivity index (χ2n) is 4.32. The molecule has 1 amide bonds. The summed E-state index contributed by atoms with van der Waals surface area (Å²) in [6, 6.07) is 7.37. The largest absolute Gasteiger partial charge is 0.366 e. The molecule has 0 aliphatic carbocycles. The summed E-state index contributed by atoms with van der Waals surface area (Å²) < 4.78 is 1.81. The number of amides is 1. The predicted molar refractivity (Wildman–Crippen MR) is 70.8 cm³/mol. The van der Waals surface area contributed by atoms with E-state index in [0.29, 0.717) is 12.0 Å². The molecular formula is C14H12N4O. The van der Waals surface area contributed by atoms with Gasteiger partial charge in [-0.1, -0.05) is 6.07 Å². The lowest BCUT2D eigenvalue weighted by Gasteiger charge is -1.96. The van der Waals surface area contributed by atoms with Crippen LogP contribution in [0.15, 0.2) is 49.1 Å². The molecule has 0 fully saturated rings. The van der Waals surface area contributed by atoms with Gasteiger partial charge in [-0.2, -0.15) is 0 Å². The third-order valence-electron chi connectivity index (χ3n) is 2.89. The van der Waals surface area contributed by atoms with Crippen LogP contribution >= 0.6 is 0 Å². The maximum Gasteiger partial charge on any atom is 0.250 e. The van der Waals surface area contributed by atoms with E-state index in [1.807, 2.05) is 28.9 Å². The molecule has 3 aromatic heterocycles.